The van der Waals surface area contributed by atoms with Gasteiger partial charge in [-0.2, -0.15) is 14.0 Å². The van der Waals surface area contributed by atoms with E-state index >= 15 is 0 Å². The SMILES string of the molecule is N#Cc1cc(F)cc(Oc2ccc3c(c2C(F)F)[C@@H](N)C(F)(F)S3(O)O)c1. The van der Waals surface area contributed by atoms with E-state index in [2.05, 4.69) is 0 Å². The minimum absolute atomic E-state index is 0.151. The monoisotopic (exact) mass is 406 g/mol. The van der Waals surface area contributed by atoms with E-state index in [0.717, 1.165) is 30.3 Å². The van der Waals surface area contributed by atoms with Crippen molar-refractivity contribution in [3.63, 3.8) is 0 Å². The highest BCUT2D eigenvalue weighted by Crippen LogP contribution is 2.72. The highest BCUT2D eigenvalue weighted by molar-refractivity contribution is 8.25. The van der Waals surface area contributed by atoms with Crippen LogP contribution in [0.3, 0.4) is 0 Å². The van der Waals surface area contributed by atoms with E-state index in [-0.39, 0.29) is 11.3 Å². The van der Waals surface area contributed by atoms with Crippen molar-refractivity contribution in [3.05, 3.63) is 52.8 Å². The number of rotatable bonds is 3. The molecular formula is C16H11F5N2O3S. The maximum absolute atomic E-state index is 14.1. The first-order chi connectivity index (χ1) is 12.5. The number of nitrogens with zero attached hydrogens (tertiary/aromatic N) is 1. The molecule has 0 saturated heterocycles. The molecule has 0 aromatic heterocycles. The maximum atomic E-state index is 14.1. The number of halogens is 5. The minimum atomic E-state index is -4.75. The number of benzene rings is 2. The second kappa shape index (κ2) is 6.35. The third kappa shape index (κ3) is 2.90. The van der Waals surface area contributed by atoms with Crippen LogP contribution in [0.15, 0.2) is 35.2 Å². The van der Waals surface area contributed by atoms with Gasteiger partial charge in [-0.25, -0.2) is 13.2 Å². The predicted octanol–water partition coefficient (Wildman–Crippen LogP) is 5.14. The van der Waals surface area contributed by atoms with E-state index in [1.165, 1.54) is 0 Å². The Labute approximate surface area is 151 Å². The van der Waals surface area contributed by atoms with Crippen molar-refractivity contribution in [2.75, 3.05) is 0 Å². The highest BCUT2D eigenvalue weighted by atomic mass is 32.3. The number of hydrogen-bond donors (Lipinski definition) is 3. The normalized spacial score (nSPS) is 20.8. The molecule has 0 bridgehead atoms. The van der Waals surface area contributed by atoms with Gasteiger partial charge in [0.2, 0.25) is 0 Å². The van der Waals surface area contributed by atoms with Gasteiger partial charge in [0.25, 0.3) is 6.43 Å². The molecule has 1 atom stereocenters. The molecule has 2 aromatic carbocycles. The van der Waals surface area contributed by atoms with Gasteiger partial charge < -0.3 is 10.5 Å². The van der Waals surface area contributed by atoms with Crippen molar-refractivity contribution in [2.24, 2.45) is 5.73 Å². The molecule has 1 aliphatic rings. The van der Waals surface area contributed by atoms with Crippen LogP contribution in [-0.4, -0.2) is 14.4 Å². The fraction of sp³-hybridized carbons (Fsp3) is 0.188. The lowest BCUT2D eigenvalue weighted by atomic mass is 10.0. The molecule has 4 N–H and O–H groups in total. The van der Waals surface area contributed by atoms with Crippen molar-refractivity contribution >= 4 is 10.6 Å². The fourth-order valence-corrected chi connectivity index (χ4v) is 4.35. The molecule has 0 spiro atoms. The van der Waals surface area contributed by atoms with Crippen molar-refractivity contribution in [1.82, 2.24) is 0 Å². The smallest absolute Gasteiger partial charge is 0.360 e. The van der Waals surface area contributed by atoms with Gasteiger partial charge in [0.1, 0.15) is 23.4 Å². The summed E-state index contributed by atoms with van der Waals surface area (Å²) in [6.07, 6.45) is -3.35. The molecule has 0 amide bonds. The van der Waals surface area contributed by atoms with Crippen molar-refractivity contribution in [3.8, 4) is 17.6 Å². The van der Waals surface area contributed by atoms with Crippen molar-refractivity contribution in [1.29, 1.82) is 5.26 Å². The number of fused-ring (bicyclic) bond motifs is 1. The minimum Gasteiger partial charge on any atom is -0.457 e. The first-order valence-electron chi connectivity index (χ1n) is 7.25. The van der Waals surface area contributed by atoms with E-state index in [1.807, 2.05) is 0 Å². The molecule has 0 aliphatic carbocycles. The molecule has 3 rings (SSSR count). The Kier molecular flexibility index (Phi) is 4.55. The summed E-state index contributed by atoms with van der Waals surface area (Å²) in [4.78, 5) is -0.792. The lowest BCUT2D eigenvalue weighted by molar-refractivity contribution is 0.0559. The summed E-state index contributed by atoms with van der Waals surface area (Å²) in [5.41, 5.74) is 3.29. The molecule has 1 heterocycles. The summed E-state index contributed by atoms with van der Waals surface area (Å²) in [7, 11) is -4.75. The summed E-state index contributed by atoms with van der Waals surface area (Å²) in [6.45, 7) is 0. The number of hydrogen-bond acceptors (Lipinski definition) is 5. The van der Waals surface area contributed by atoms with Gasteiger partial charge in [-0.15, -0.1) is 10.6 Å². The zero-order chi connectivity index (χ0) is 20.1. The number of alkyl halides is 4. The number of nitrogens with two attached hydrogens (primary N) is 1. The lowest BCUT2D eigenvalue weighted by Crippen LogP contribution is -2.32. The summed E-state index contributed by atoms with van der Waals surface area (Å²) >= 11 is 0. The molecule has 144 valence electrons. The van der Waals surface area contributed by atoms with Gasteiger partial charge in [-0.3, -0.25) is 9.11 Å². The number of nitriles is 1. The summed E-state index contributed by atoms with van der Waals surface area (Å²) in [6, 6.07) is 3.65. The second-order valence-electron chi connectivity index (χ2n) is 5.67. The van der Waals surface area contributed by atoms with Crippen LogP contribution in [-0.2, 0) is 0 Å². The molecule has 2 aromatic rings. The van der Waals surface area contributed by atoms with Crippen LogP contribution < -0.4 is 10.5 Å². The molecule has 0 radical (unpaired) electrons. The molecule has 5 nitrogen and oxygen atoms in total. The zero-order valence-electron chi connectivity index (χ0n) is 13.2. The van der Waals surface area contributed by atoms with Crippen molar-refractivity contribution < 1.29 is 35.8 Å². The van der Waals surface area contributed by atoms with Gasteiger partial charge in [0.15, 0.2) is 0 Å². The van der Waals surface area contributed by atoms with E-state index in [1.54, 1.807) is 6.07 Å². The van der Waals surface area contributed by atoms with E-state index in [9.17, 15) is 31.1 Å². The van der Waals surface area contributed by atoms with Gasteiger partial charge in [0.05, 0.1) is 22.1 Å². The largest absolute Gasteiger partial charge is 0.457 e. The van der Waals surface area contributed by atoms with Crippen LogP contribution in [0.25, 0.3) is 0 Å². The first-order valence-corrected chi connectivity index (χ1v) is 8.80. The van der Waals surface area contributed by atoms with E-state index < -0.39 is 55.9 Å². The Morgan fingerprint density at radius 3 is 2.48 bits per heavy atom. The average Bonchev–Trinajstić information content (AvgIpc) is 2.71. The van der Waals surface area contributed by atoms with Gasteiger partial charge >= 0.3 is 5.25 Å². The Morgan fingerprint density at radius 2 is 1.89 bits per heavy atom. The molecular weight excluding hydrogens is 395 g/mol. The standard InChI is InChI=1S/C16H11F5N2O3S/c17-8-3-7(6-22)4-9(5-8)26-10-1-2-11-13(12(10)15(18)19)14(23)16(20,21)27(11,24)25/h1-5,14-15,24-25H,23H2/t14-/m1/s1. The molecule has 11 heteroatoms. The fourth-order valence-electron chi connectivity index (χ4n) is 2.78. The van der Waals surface area contributed by atoms with Crippen LogP contribution in [0.2, 0.25) is 0 Å². The van der Waals surface area contributed by atoms with Gasteiger partial charge in [-0.05, 0) is 24.3 Å². The molecule has 1 aliphatic heterocycles. The molecule has 0 fully saturated rings. The third-order valence-corrected chi connectivity index (χ3v) is 6.00. The third-order valence-electron chi connectivity index (χ3n) is 4.01. The predicted molar refractivity (Wildman–Crippen MR) is 85.6 cm³/mol. The summed E-state index contributed by atoms with van der Waals surface area (Å²) in [5.74, 6) is -1.82. The number of ether oxygens (including phenoxy) is 1. The Bertz CT molecular complexity index is 962. The first kappa shape index (κ1) is 19.4. The Morgan fingerprint density at radius 1 is 1.22 bits per heavy atom. The van der Waals surface area contributed by atoms with Crippen LogP contribution in [0, 0.1) is 17.1 Å². The molecule has 27 heavy (non-hydrogen) atoms. The second-order valence-corrected chi connectivity index (χ2v) is 7.75. The zero-order valence-corrected chi connectivity index (χ0v) is 14.0. The van der Waals surface area contributed by atoms with Gasteiger partial charge in [-0.1, -0.05) is 0 Å². The topological polar surface area (TPSA) is 99.5 Å². The molecule has 0 unspecified atom stereocenters. The van der Waals surface area contributed by atoms with Gasteiger partial charge in [0, 0.05) is 11.6 Å². The lowest BCUT2D eigenvalue weighted by Gasteiger charge is -2.34. The quantitative estimate of drug-likeness (QED) is 0.613. The highest BCUT2D eigenvalue weighted by Gasteiger charge is 2.60. The Balaban J connectivity index is 2.17. The van der Waals surface area contributed by atoms with E-state index in [0.29, 0.717) is 0 Å². The Hall–Kier alpha value is -2.39. The maximum Gasteiger partial charge on any atom is 0.360 e. The molecule has 0 saturated carbocycles. The van der Waals surface area contributed by atoms with Crippen LogP contribution >= 0.6 is 10.6 Å². The van der Waals surface area contributed by atoms with Crippen LogP contribution in [0.4, 0.5) is 22.0 Å². The summed E-state index contributed by atoms with van der Waals surface area (Å²) < 4.78 is 93.7. The van der Waals surface area contributed by atoms with E-state index in [4.69, 9.17) is 15.7 Å². The average molecular weight is 406 g/mol. The van der Waals surface area contributed by atoms with Crippen molar-refractivity contribution in [2.45, 2.75) is 22.6 Å². The summed E-state index contributed by atoms with van der Waals surface area (Å²) in [5, 5.41) is 4.58. The van der Waals surface area contributed by atoms with Crippen LogP contribution in [0.5, 0.6) is 11.5 Å². The van der Waals surface area contributed by atoms with Crippen LogP contribution in [0.1, 0.15) is 29.2 Å².